The van der Waals surface area contributed by atoms with Crippen LogP contribution in [-0.2, 0) is 19.3 Å². The molecule has 218 valence electrons. The first kappa shape index (κ1) is 30.4. The van der Waals surface area contributed by atoms with Gasteiger partial charge in [-0.1, -0.05) is 75.3 Å². The highest BCUT2D eigenvalue weighted by atomic mass is 32.1. The summed E-state index contributed by atoms with van der Waals surface area (Å²) in [6, 6.07) is 17.0. The van der Waals surface area contributed by atoms with Gasteiger partial charge in [0.25, 0.3) is 0 Å². The molecule has 0 heterocycles. The Labute approximate surface area is 255 Å². The molecule has 0 saturated heterocycles. The van der Waals surface area contributed by atoms with Crippen molar-refractivity contribution in [2.24, 2.45) is 10.9 Å². The number of thiocarbonyl (C=S) groups is 1. The molecule has 1 nitrogen and oxygen atoms in total. The molecule has 0 N–H and O–H groups in total. The summed E-state index contributed by atoms with van der Waals surface area (Å²) in [4.78, 5) is 3.47. The van der Waals surface area contributed by atoms with Crippen molar-refractivity contribution in [1.29, 1.82) is 0 Å². The molecule has 4 aromatic rings. The lowest BCUT2D eigenvalue weighted by Gasteiger charge is -2.25. The van der Waals surface area contributed by atoms with E-state index in [2.05, 4.69) is 36.0 Å². The lowest BCUT2D eigenvalue weighted by Crippen LogP contribution is -2.17. The maximum atomic E-state index is 15.3. The van der Waals surface area contributed by atoms with Crippen molar-refractivity contribution in [2.45, 2.75) is 58.8 Å². The van der Waals surface area contributed by atoms with Crippen LogP contribution in [0.5, 0.6) is 0 Å². The van der Waals surface area contributed by atoms with Crippen molar-refractivity contribution in [3.8, 4) is 34.1 Å². The maximum Gasteiger partial charge on any atom is 0.153 e. The number of aryl methyl sites for hydroxylation is 1. The minimum atomic E-state index is -0.808. The third kappa shape index (κ3) is 6.64. The van der Waals surface area contributed by atoms with Gasteiger partial charge in [0.1, 0.15) is 17.3 Å². The summed E-state index contributed by atoms with van der Waals surface area (Å²) in [5.74, 6) is 3.41. The quantitative estimate of drug-likeness (QED) is 0.0894. The van der Waals surface area contributed by atoms with Gasteiger partial charge in [0.2, 0.25) is 0 Å². The van der Waals surface area contributed by atoms with Crippen molar-refractivity contribution < 1.29 is 17.6 Å². The van der Waals surface area contributed by atoms with Gasteiger partial charge >= 0.3 is 0 Å². The van der Waals surface area contributed by atoms with E-state index in [4.69, 9.17) is 0 Å². The summed E-state index contributed by atoms with van der Waals surface area (Å²) in [5.41, 5.74) is 5.35. The average Bonchev–Trinajstić information content (AvgIpc) is 3.01. The van der Waals surface area contributed by atoms with E-state index in [-0.39, 0.29) is 5.56 Å². The van der Waals surface area contributed by atoms with E-state index in [1.807, 2.05) is 54.5 Å². The Bertz CT molecular complexity index is 1750. The molecule has 0 spiro atoms. The van der Waals surface area contributed by atoms with Gasteiger partial charge in [-0.15, -0.1) is 0 Å². The van der Waals surface area contributed by atoms with Crippen molar-refractivity contribution >= 4 is 23.1 Å². The Kier molecular flexibility index (Phi) is 9.56. The smallest absolute Gasteiger partial charge is 0.153 e. The highest BCUT2D eigenvalue weighted by molar-refractivity contribution is 7.78. The van der Waals surface area contributed by atoms with Gasteiger partial charge in [0, 0.05) is 5.56 Å². The second-order valence-electron chi connectivity index (χ2n) is 11.0. The highest BCUT2D eigenvalue weighted by Crippen LogP contribution is 2.34. The zero-order valence-corrected chi connectivity index (χ0v) is 25.0. The monoisotopic (exact) mass is 597 g/mol. The van der Waals surface area contributed by atoms with E-state index in [1.165, 1.54) is 18.2 Å². The Morgan fingerprint density at radius 1 is 0.837 bits per heavy atom. The molecule has 0 aliphatic heterocycles. The number of fused-ring (bicyclic) bond motifs is 1. The molecular weight excluding hydrogens is 566 g/mol. The lowest BCUT2D eigenvalue weighted by atomic mass is 9.80. The van der Waals surface area contributed by atoms with Crippen molar-refractivity contribution in [3.05, 3.63) is 112 Å². The molecule has 0 saturated carbocycles. The second kappa shape index (κ2) is 13.5. The predicted octanol–water partition coefficient (Wildman–Crippen LogP) is 10.6. The van der Waals surface area contributed by atoms with Crippen molar-refractivity contribution in [2.75, 3.05) is 0 Å². The van der Waals surface area contributed by atoms with Crippen molar-refractivity contribution in [3.63, 3.8) is 0 Å². The normalized spacial score (nSPS) is 14.0. The number of aliphatic imine (C=N–C) groups is 1. The molecule has 0 amide bonds. The van der Waals surface area contributed by atoms with Crippen LogP contribution in [0.2, 0.25) is 0 Å². The molecule has 5 rings (SSSR count). The minimum Gasteiger partial charge on any atom is -0.206 e. The first-order chi connectivity index (χ1) is 20.8. The lowest BCUT2D eigenvalue weighted by molar-refractivity contribution is 0.402. The molecule has 0 bridgehead atoms. The number of halogens is 4. The molecule has 43 heavy (non-hydrogen) atoms. The van der Waals surface area contributed by atoms with E-state index in [1.54, 1.807) is 0 Å². The summed E-state index contributed by atoms with van der Waals surface area (Å²) < 4.78 is 59.1. The second-order valence-corrected chi connectivity index (χ2v) is 11.2. The van der Waals surface area contributed by atoms with Crippen LogP contribution in [0.15, 0.2) is 65.7 Å². The average molecular weight is 598 g/mol. The summed E-state index contributed by atoms with van der Waals surface area (Å²) >= 11 is 4.47. The number of isothiocyanates is 1. The Morgan fingerprint density at radius 2 is 1.56 bits per heavy atom. The number of hydrogen-bond donors (Lipinski definition) is 0. The van der Waals surface area contributed by atoms with E-state index >= 15 is 4.39 Å². The first-order valence-corrected chi connectivity index (χ1v) is 15.1. The molecular formula is C37H31F4NS. The van der Waals surface area contributed by atoms with Crippen LogP contribution in [0, 0.1) is 41.0 Å². The number of benzene rings is 4. The zero-order chi connectivity index (χ0) is 30.5. The van der Waals surface area contributed by atoms with Gasteiger partial charge in [-0.2, -0.15) is 4.99 Å². The van der Waals surface area contributed by atoms with Gasteiger partial charge < -0.3 is 0 Å². The van der Waals surface area contributed by atoms with Crippen LogP contribution in [-0.4, -0.2) is 5.16 Å². The molecule has 1 aliphatic rings. The molecule has 4 aromatic carbocycles. The fourth-order valence-electron chi connectivity index (χ4n) is 5.88. The number of nitrogens with zero attached hydrogens (tertiary/aromatic N) is 1. The summed E-state index contributed by atoms with van der Waals surface area (Å²) in [7, 11) is 0. The largest absolute Gasteiger partial charge is 0.206 e. The van der Waals surface area contributed by atoms with Crippen LogP contribution in [0.3, 0.4) is 0 Å². The zero-order valence-electron chi connectivity index (χ0n) is 24.2. The van der Waals surface area contributed by atoms with Gasteiger partial charge in [-0.3, -0.25) is 0 Å². The fraction of sp³-hybridized carbons (Fsp3) is 0.270. The maximum absolute atomic E-state index is 15.3. The summed E-state index contributed by atoms with van der Waals surface area (Å²) in [6.45, 7) is 4.17. The molecule has 1 aliphatic carbocycles. The predicted molar refractivity (Wildman–Crippen MR) is 169 cm³/mol. The van der Waals surface area contributed by atoms with Gasteiger partial charge in [-0.05, 0) is 113 Å². The van der Waals surface area contributed by atoms with Gasteiger partial charge in [0.05, 0.1) is 10.7 Å². The standard InChI is InChI=1S/C37H31F4NS/c1-3-5-6-24-10-14-31-29(17-24)21-33(38)32(36(31)41)15-9-23-7-11-26(12-8-23)30-16-13-27(18-25(30)4-2)28-19-34(39)37(42-22-43)35(40)20-28/h7-8,11-13,16,18-21,24H,3-6,10,14,17H2,1-2H3. The van der Waals surface area contributed by atoms with Crippen LogP contribution in [0.4, 0.5) is 23.2 Å². The van der Waals surface area contributed by atoms with E-state index in [0.29, 0.717) is 41.0 Å². The Morgan fingerprint density at radius 3 is 2.23 bits per heavy atom. The van der Waals surface area contributed by atoms with Crippen LogP contribution in [0.25, 0.3) is 22.3 Å². The van der Waals surface area contributed by atoms with Crippen LogP contribution >= 0.6 is 12.2 Å². The minimum absolute atomic E-state index is 0.173. The van der Waals surface area contributed by atoms with Crippen molar-refractivity contribution in [1.82, 2.24) is 0 Å². The SMILES string of the molecule is CCCCC1CCc2c(cc(F)c(C#Cc3ccc(-c4ccc(-c5cc(F)c(N=C=S)c(F)c5)cc4CC)cc3)c2F)C1. The van der Waals surface area contributed by atoms with Gasteiger partial charge in [0.15, 0.2) is 11.6 Å². The van der Waals surface area contributed by atoms with E-state index in [9.17, 15) is 13.2 Å². The first-order valence-electron chi connectivity index (χ1n) is 14.6. The molecule has 0 radical (unpaired) electrons. The number of hydrogen-bond acceptors (Lipinski definition) is 2. The Balaban J connectivity index is 1.37. The third-order valence-corrected chi connectivity index (χ3v) is 8.30. The number of rotatable bonds is 7. The Hall–Kier alpha value is -4.04. The van der Waals surface area contributed by atoms with Gasteiger partial charge in [-0.25, -0.2) is 17.6 Å². The summed E-state index contributed by atoms with van der Waals surface area (Å²) in [6.07, 6.45) is 6.32. The van der Waals surface area contributed by atoms with Crippen LogP contribution < -0.4 is 0 Å². The highest BCUT2D eigenvalue weighted by Gasteiger charge is 2.24. The van der Waals surface area contributed by atoms with Crippen LogP contribution in [0.1, 0.15) is 67.3 Å². The molecule has 0 fully saturated rings. The third-order valence-electron chi connectivity index (χ3n) is 8.21. The molecule has 0 aromatic heterocycles. The van der Waals surface area contributed by atoms with E-state index < -0.39 is 29.0 Å². The fourth-order valence-corrected chi connectivity index (χ4v) is 5.97. The van der Waals surface area contributed by atoms with E-state index in [0.717, 1.165) is 54.4 Å². The number of unbranched alkanes of at least 4 members (excludes halogenated alkanes) is 1. The summed E-state index contributed by atoms with van der Waals surface area (Å²) in [5, 5.41) is 2.00. The molecule has 1 atom stereocenters. The topological polar surface area (TPSA) is 12.4 Å². The molecule has 6 heteroatoms. The molecule has 1 unspecified atom stereocenters.